The number of anilines is 1. The quantitative estimate of drug-likeness (QED) is 0.594. The zero-order chi connectivity index (χ0) is 19.8. The molecule has 1 atom stereocenters. The van der Waals surface area contributed by atoms with E-state index in [-0.39, 0.29) is 25.3 Å². The van der Waals surface area contributed by atoms with Gasteiger partial charge in [-0.2, -0.15) is 0 Å². The Balaban J connectivity index is 2.22. The Morgan fingerprint density at radius 2 is 1.89 bits per heavy atom. The molecule has 0 bridgehead atoms. The highest BCUT2D eigenvalue weighted by atomic mass is 19.1. The molecule has 1 aromatic carbocycles. The molecule has 5 amide bonds. The van der Waals surface area contributed by atoms with Gasteiger partial charge in [0.2, 0.25) is 0 Å². The van der Waals surface area contributed by atoms with Gasteiger partial charge in [0.25, 0.3) is 5.91 Å². The Morgan fingerprint density at radius 3 is 2.52 bits per heavy atom. The fourth-order valence-electron chi connectivity index (χ4n) is 2.83. The Kier molecular flexibility index (Phi) is 7.35. The smallest absolute Gasteiger partial charge is 0.323 e. The number of urea groups is 2. The van der Waals surface area contributed by atoms with Gasteiger partial charge in [0, 0.05) is 38.4 Å². The molecule has 1 aromatic rings. The van der Waals surface area contributed by atoms with Crippen LogP contribution >= 0.6 is 0 Å². The second-order valence-corrected chi connectivity index (χ2v) is 5.97. The van der Waals surface area contributed by atoms with E-state index in [0.29, 0.717) is 19.5 Å². The summed E-state index contributed by atoms with van der Waals surface area (Å²) >= 11 is 0. The van der Waals surface area contributed by atoms with E-state index in [9.17, 15) is 18.8 Å². The minimum atomic E-state index is -1.12. The van der Waals surface area contributed by atoms with Crippen LogP contribution in [0.5, 0.6) is 0 Å². The van der Waals surface area contributed by atoms with Crippen LogP contribution in [0.3, 0.4) is 0 Å². The van der Waals surface area contributed by atoms with Crippen LogP contribution in [0.1, 0.15) is 13.3 Å². The highest BCUT2D eigenvalue weighted by Gasteiger charge is 2.40. The summed E-state index contributed by atoms with van der Waals surface area (Å²) in [6.45, 7) is 3.21. The summed E-state index contributed by atoms with van der Waals surface area (Å²) in [4.78, 5) is 40.3. The van der Waals surface area contributed by atoms with Crippen molar-refractivity contribution in [3.63, 3.8) is 0 Å². The van der Waals surface area contributed by atoms with E-state index >= 15 is 0 Å². The Hall–Kier alpha value is -2.88. The van der Waals surface area contributed by atoms with Gasteiger partial charge in [-0.1, -0.05) is 6.07 Å². The van der Waals surface area contributed by atoms with E-state index < -0.39 is 30.0 Å². The first-order valence-corrected chi connectivity index (χ1v) is 8.83. The average molecular weight is 380 g/mol. The largest absolute Gasteiger partial charge is 0.351 e. The highest BCUT2D eigenvalue weighted by Crippen LogP contribution is 2.18. The lowest BCUT2D eigenvalue weighted by atomic mass is 10.2. The number of hydrogen-bond acceptors (Lipinski definition) is 4. The van der Waals surface area contributed by atoms with Crippen molar-refractivity contribution in [3.05, 3.63) is 30.1 Å². The molecule has 1 heterocycles. The van der Waals surface area contributed by atoms with E-state index in [1.165, 1.54) is 34.1 Å². The van der Waals surface area contributed by atoms with E-state index in [0.717, 1.165) is 0 Å². The maximum atomic E-state index is 13.4. The standard InChI is InChI=1S/C17H25FN6O3/c1-2-20-16(26)23-9-4-10-24(15(23)14(25)21-8-7-19)17(27)22-13-6-3-5-12(18)11-13/h3,5-6,11,15H,2,4,7-10,19H2,1H3,(H,20,26)(H,21,25)(H,22,27). The number of nitrogens with two attached hydrogens (primary N) is 1. The lowest BCUT2D eigenvalue weighted by molar-refractivity contribution is -0.131. The molecule has 5 N–H and O–H groups in total. The average Bonchev–Trinajstić information content (AvgIpc) is 2.65. The van der Waals surface area contributed by atoms with E-state index in [2.05, 4.69) is 16.0 Å². The molecule has 1 unspecified atom stereocenters. The molecule has 148 valence electrons. The minimum Gasteiger partial charge on any atom is -0.351 e. The molecule has 0 aliphatic carbocycles. The first-order valence-electron chi connectivity index (χ1n) is 8.83. The molecular weight excluding hydrogens is 355 g/mol. The van der Waals surface area contributed by atoms with E-state index in [4.69, 9.17) is 5.73 Å². The van der Waals surface area contributed by atoms with Crippen LogP contribution in [0.4, 0.5) is 19.7 Å². The SMILES string of the molecule is CCNC(=O)N1CCCN(C(=O)Nc2cccc(F)c2)C1C(=O)NCCN. The molecule has 1 fully saturated rings. The summed E-state index contributed by atoms with van der Waals surface area (Å²) in [5.74, 6) is -0.992. The van der Waals surface area contributed by atoms with Crippen molar-refractivity contribution in [1.29, 1.82) is 0 Å². The van der Waals surface area contributed by atoms with Gasteiger partial charge in [0.05, 0.1) is 0 Å². The first-order chi connectivity index (χ1) is 13.0. The molecule has 1 aliphatic rings. The second-order valence-electron chi connectivity index (χ2n) is 5.97. The number of amides is 5. The van der Waals surface area contributed by atoms with Crippen LogP contribution in [0.15, 0.2) is 24.3 Å². The third kappa shape index (κ3) is 5.30. The second kappa shape index (κ2) is 9.72. The normalized spacial score (nSPS) is 16.6. The maximum Gasteiger partial charge on any atom is 0.323 e. The Bertz CT molecular complexity index is 686. The summed E-state index contributed by atoms with van der Waals surface area (Å²) in [6.07, 6.45) is -0.612. The number of halogens is 1. The highest BCUT2D eigenvalue weighted by molar-refractivity contribution is 5.95. The maximum absolute atomic E-state index is 13.4. The van der Waals surface area contributed by atoms with Gasteiger partial charge in [0.1, 0.15) is 5.82 Å². The summed E-state index contributed by atoms with van der Waals surface area (Å²) < 4.78 is 13.4. The van der Waals surface area contributed by atoms with Crippen molar-refractivity contribution < 1.29 is 18.8 Å². The Labute approximate surface area is 157 Å². The van der Waals surface area contributed by atoms with Gasteiger partial charge in [-0.15, -0.1) is 0 Å². The van der Waals surface area contributed by atoms with E-state index in [1.807, 2.05) is 0 Å². The number of carbonyl (C=O) groups is 3. The molecule has 0 spiro atoms. The number of benzene rings is 1. The van der Waals surface area contributed by atoms with Crippen molar-refractivity contribution in [2.75, 3.05) is 38.0 Å². The van der Waals surface area contributed by atoms with E-state index in [1.54, 1.807) is 6.92 Å². The van der Waals surface area contributed by atoms with Crippen molar-refractivity contribution in [3.8, 4) is 0 Å². The lowest BCUT2D eigenvalue weighted by Gasteiger charge is -2.42. The van der Waals surface area contributed by atoms with Crippen molar-refractivity contribution in [2.24, 2.45) is 5.73 Å². The molecule has 27 heavy (non-hydrogen) atoms. The predicted molar refractivity (Wildman–Crippen MR) is 98.4 cm³/mol. The summed E-state index contributed by atoms with van der Waals surface area (Å²) in [6, 6.07) is 4.41. The molecule has 10 heteroatoms. The molecule has 0 radical (unpaired) electrons. The summed E-state index contributed by atoms with van der Waals surface area (Å²) in [7, 11) is 0. The monoisotopic (exact) mass is 380 g/mol. The summed E-state index contributed by atoms with van der Waals surface area (Å²) in [5.41, 5.74) is 5.68. The van der Waals surface area contributed by atoms with Crippen LogP contribution in [-0.4, -0.2) is 66.7 Å². The molecule has 9 nitrogen and oxygen atoms in total. The van der Waals surface area contributed by atoms with Gasteiger partial charge < -0.3 is 21.7 Å². The van der Waals surface area contributed by atoms with Crippen molar-refractivity contribution >= 4 is 23.7 Å². The minimum absolute atomic E-state index is 0.220. The number of hydrogen-bond donors (Lipinski definition) is 4. The predicted octanol–water partition coefficient (Wildman–Crippen LogP) is 0.496. The number of nitrogens with one attached hydrogen (secondary N) is 3. The Morgan fingerprint density at radius 1 is 1.19 bits per heavy atom. The topological polar surface area (TPSA) is 120 Å². The number of carbonyl (C=O) groups excluding carboxylic acids is 3. The van der Waals surface area contributed by atoms with Gasteiger partial charge in [-0.25, -0.2) is 14.0 Å². The third-order valence-corrected chi connectivity index (χ3v) is 3.99. The number of rotatable bonds is 5. The molecule has 1 saturated heterocycles. The lowest BCUT2D eigenvalue weighted by Crippen LogP contribution is -2.65. The zero-order valence-corrected chi connectivity index (χ0v) is 15.2. The van der Waals surface area contributed by atoms with Gasteiger partial charge in [-0.05, 0) is 31.5 Å². The van der Waals surface area contributed by atoms with Crippen LogP contribution in [0.25, 0.3) is 0 Å². The zero-order valence-electron chi connectivity index (χ0n) is 15.2. The third-order valence-electron chi connectivity index (χ3n) is 3.99. The van der Waals surface area contributed by atoms with Crippen molar-refractivity contribution in [2.45, 2.75) is 19.5 Å². The molecule has 1 aliphatic heterocycles. The molecular formula is C17H25FN6O3. The van der Waals surface area contributed by atoms with Crippen LogP contribution in [0.2, 0.25) is 0 Å². The molecule has 0 saturated carbocycles. The fraction of sp³-hybridized carbons (Fsp3) is 0.471. The fourth-order valence-corrected chi connectivity index (χ4v) is 2.83. The van der Waals surface area contributed by atoms with Crippen molar-refractivity contribution in [1.82, 2.24) is 20.4 Å². The van der Waals surface area contributed by atoms with Crippen LogP contribution < -0.4 is 21.7 Å². The molecule has 0 aromatic heterocycles. The summed E-state index contributed by atoms with van der Waals surface area (Å²) in [5, 5.41) is 7.84. The molecule has 2 rings (SSSR count). The van der Waals surface area contributed by atoms with Crippen LogP contribution in [-0.2, 0) is 4.79 Å². The number of nitrogens with zero attached hydrogens (tertiary/aromatic N) is 2. The van der Waals surface area contributed by atoms with Gasteiger partial charge in [0.15, 0.2) is 6.17 Å². The van der Waals surface area contributed by atoms with Gasteiger partial charge in [-0.3, -0.25) is 14.6 Å². The first kappa shape index (κ1) is 20.4. The van der Waals surface area contributed by atoms with Gasteiger partial charge >= 0.3 is 12.1 Å². The van der Waals surface area contributed by atoms with Crippen LogP contribution in [0, 0.1) is 5.82 Å².